The summed E-state index contributed by atoms with van der Waals surface area (Å²) >= 11 is 0. The number of hydrogen-bond donors (Lipinski definition) is 2. The predicted molar refractivity (Wildman–Crippen MR) is 123 cm³/mol. The summed E-state index contributed by atoms with van der Waals surface area (Å²) in [6, 6.07) is 12.4. The van der Waals surface area contributed by atoms with Crippen molar-refractivity contribution in [2.75, 3.05) is 23.4 Å². The normalized spacial score (nSPS) is 18.2. The van der Waals surface area contributed by atoms with Gasteiger partial charge in [-0.15, -0.1) is 0 Å². The van der Waals surface area contributed by atoms with E-state index in [1.807, 2.05) is 0 Å². The number of hydrogen-bond acceptors (Lipinski definition) is 5. The molecule has 2 aromatic rings. The van der Waals surface area contributed by atoms with E-state index in [0.717, 1.165) is 12.8 Å². The fourth-order valence-electron chi connectivity index (χ4n) is 3.83. The Morgan fingerprint density at radius 2 is 1.61 bits per heavy atom. The van der Waals surface area contributed by atoms with Crippen LogP contribution in [0.15, 0.2) is 53.4 Å². The minimum Gasteiger partial charge on any atom is -0.322 e. The zero-order valence-electron chi connectivity index (χ0n) is 18.3. The standard InChI is InChI=1S/C23H26N4O5S/c1-16-12-14-26(15-13-16)33(31,32)20-8-4-18(5-9-20)24-23(30)17-2-6-19(7-3-17)27-22(29)11-10-21(28)25-27/h2-9,16H,10-15H2,1H3,(H,24,30)(H,25,28). The van der Waals surface area contributed by atoms with Crippen molar-refractivity contribution in [3.63, 3.8) is 0 Å². The van der Waals surface area contributed by atoms with Gasteiger partial charge in [0.2, 0.25) is 21.8 Å². The van der Waals surface area contributed by atoms with E-state index in [4.69, 9.17) is 0 Å². The minimum absolute atomic E-state index is 0.136. The average molecular weight is 471 g/mol. The molecule has 0 unspecified atom stereocenters. The maximum absolute atomic E-state index is 12.8. The molecule has 2 aliphatic rings. The fourth-order valence-corrected chi connectivity index (χ4v) is 5.30. The van der Waals surface area contributed by atoms with Crippen LogP contribution in [-0.2, 0) is 19.6 Å². The summed E-state index contributed by atoms with van der Waals surface area (Å²) < 4.78 is 27.2. The second kappa shape index (κ2) is 9.32. The van der Waals surface area contributed by atoms with Gasteiger partial charge in [-0.2, -0.15) is 4.31 Å². The number of amides is 3. The maximum atomic E-state index is 12.8. The molecule has 4 rings (SSSR count). The molecule has 2 fully saturated rings. The van der Waals surface area contributed by atoms with Crippen LogP contribution in [0, 0.1) is 5.92 Å². The van der Waals surface area contributed by atoms with Crippen LogP contribution >= 0.6 is 0 Å². The first kappa shape index (κ1) is 22.9. The number of benzene rings is 2. The first-order chi connectivity index (χ1) is 15.7. The SMILES string of the molecule is CC1CCN(S(=O)(=O)c2ccc(NC(=O)c3ccc(N4NC(=O)CCC4=O)cc3)cc2)CC1. The van der Waals surface area contributed by atoms with Crippen LogP contribution in [0.2, 0.25) is 0 Å². The molecular weight excluding hydrogens is 444 g/mol. The van der Waals surface area contributed by atoms with Crippen LogP contribution in [0.25, 0.3) is 0 Å². The van der Waals surface area contributed by atoms with Gasteiger partial charge in [-0.3, -0.25) is 19.8 Å². The van der Waals surface area contributed by atoms with Gasteiger partial charge in [-0.25, -0.2) is 13.4 Å². The highest BCUT2D eigenvalue weighted by Crippen LogP contribution is 2.25. The quantitative estimate of drug-likeness (QED) is 0.697. The number of carbonyl (C=O) groups excluding carboxylic acids is 3. The molecule has 9 nitrogen and oxygen atoms in total. The van der Waals surface area contributed by atoms with Gasteiger partial charge in [0.05, 0.1) is 10.6 Å². The van der Waals surface area contributed by atoms with Crippen LogP contribution < -0.4 is 15.8 Å². The monoisotopic (exact) mass is 470 g/mol. The number of nitrogens with one attached hydrogen (secondary N) is 2. The van der Waals surface area contributed by atoms with Crippen LogP contribution in [0.3, 0.4) is 0 Å². The molecule has 3 amide bonds. The Morgan fingerprint density at radius 1 is 0.970 bits per heavy atom. The Labute approximate surface area is 192 Å². The first-order valence-corrected chi connectivity index (χ1v) is 12.3. The summed E-state index contributed by atoms with van der Waals surface area (Å²) in [4.78, 5) is 36.3. The fraction of sp³-hybridized carbons (Fsp3) is 0.348. The van der Waals surface area contributed by atoms with Crippen LogP contribution in [-0.4, -0.2) is 43.5 Å². The zero-order valence-corrected chi connectivity index (χ0v) is 19.1. The number of rotatable bonds is 5. The third-order valence-electron chi connectivity index (χ3n) is 5.93. The van der Waals surface area contributed by atoms with Crippen molar-refractivity contribution >= 4 is 39.1 Å². The molecule has 0 aliphatic carbocycles. The molecule has 10 heteroatoms. The van der Waals surface area contributed by atoms with Crippen molar-refractivity contribution in [3.8, 4) is 0 Å². The lowest BCUT2D eigenvalue weighted by atomic mass is 10.0. The van der Waals surface area contributed by atoms with Gasteiger partial charge in [-0.05, 0) is 67.3 Å². The zero-order chi connectivity index (χ0) is 23.6. The van der Waals surface area contributed by atoms with E-state index in [0.29, 0.717) is 35.9 Å². The summed E-state index contributed by atoms with van der Waals surface area (Å²) in [5, 5.41) is 3.92. The summed E-state index contributed by atoms with van der Waals surface area (Å²) in [7, 11) is -3.55. The van der Waals surface area contributed by atoms with Gasteiger partial charge in [-0.1, -0.05) is 6.92 Å². The molecule has 2 aliphatic heterocycles. The molecule has 0 saturated carbocycles. The third kappa shape index (κ3) is 5.07. The van der Waals surface area contributed by atoms with Crippen LogP contribution in [0.1, 0.15) is 43.0 Å². The molecule has 2 N–H and O–H groups in total. The molecule has 0 aromatic heterocycles. The molecule has 0 spiro atoms. The second-order valence-corrected chi connectivity index (χ2v) is 10.3. The van der Waals surface area contributed by atoms with Crippen LogP contribution in [0.4, 0.5) is 11.4 Å². The first-order valence-electron chi connectivity index (χ1n) is 10.9. The van der Waals surface area contributed by atoms with Gasteiger partial charge in [0.15, 0.2) is 0 Å². The Hall–Kier alpha value is -3.24. The van der Waals surface area contributed by atoms with E-state index in [2.05, 4.69) is 17.7 Å². The van der Waals surface area contributed by atoms with Crippen molar-refractivity contribution in [2.24, 2.45) is 5.92 Å². The van der Waals surface area contributed by atoms with E-state index in [9.17, 15) is 22.8 Å². The summed E-state index contributed by atoms with van der Waals surface area (Å²) in [6.07, 6.45) is 2.00. The van der Waals surface area contributed by atoms with Crippen molar-refractivity contribution in [1.82, 2.24) is 9.73 Å². The van der Waals surface area contributed by atoms with Gasteiger partial charge in [0.1, 0.15) is 0 Å². The summed E-state index contributed by atoms with van der Waals surface area (Å²) in [6.45, 7) is 3.16. The number of nitrogens with zero attached hydrogens (tertiary/aromatic N) is 2. The van der Waals surface area contributed by atoms with Crippen molar-refractivity contribution in [2.45, 2.75) is 37.5 Å². The summed E-state index contributed by atoms with van der Waals surface area (Å²) in [5.41, 5.74) is 3.79. The van der Waals surface area contributed by atoms with E-state index < -0.39 is 10.0 Å². The van der Waals surface area contributed by atoms with E-state index in [-0.39, 0.29) is 35.5 Å². The number of hydrazine groups is 1. The average Bonchev–Trinajstić information content (AvgIpc) is 2.81. The van der Waals surface area contributed by atoms with Crippen molar-refractivity contribution in [1.29, 1.82) is 0 Å². The lowest BCUT2D eigenvalue weighted by Crippen LogP contribution is -2.50. The molecule has 2 saturated heterocycles. The molecule has 2 heterocycles. The van der Waals surface area contributed by atoms with E-state index >= 15 is 0 Å². The van der Waals surface area contributed by atoms with Crippen LogP contribution in [0.5, 0.6) is 0 Å². The number of carbonyl (C=O) groups is 3. The van der Waals surface area contributed by atoms with Crippen molar-refractivity contribution in [3.05, 3.63) is 54.1 Å². The van der Waals surface area contributed by atoms with Crippen molar-refractivity contribution < 1.29 is 22.8 Å². The predicted octanol–water partition coefficient (Wildman–Crippen LogP) is 2.52. The molecule has 0 atom stereocenters. The lowest BCUT2D eigenvalue weighted by molar-refractivity contribution is -0.130. The highest BCUT2D eigenvalue weighted by molar-refractivity contribution is 7.89. The molecule has 174 valence electrons. The molecule has 2 aromatic carbocycles. The van der Waals surface area contributed by atoms with Gasteiger partial charge in [0, 0.05) is 37.2 Å². The molecule has 33 heavy (non-hydrogen) atoms. The summed E-state index contributed by atoms with van der Waals surface area (Å²) in [5.74, 6) is -0.309. The minimum atomic E-state index is -3.55. The topological polar surface area (TPSA) is 116 Å². The molecule has 0 bridgehead atoms. The Morgan fingerprint density at radius 3 is 2.24 bits per heavy atom. The van der Waals surface area contributed by atoms with E-state index in [1.165, 1.54) is 21.4 Å². The molecule has 0 radical (unpaired) electrons. The molecular formula is C23H26N4O5S. The largest absolute Gasteiger partial charge is 0.322 e. The Balaban J connectivity index is 1.40. The second-order valence-electron chi connectivity index (χ2n) is 8.38. The Bertz CT molecular complexity index is 1150. The number of piperidine rings is 1. The van der Waals surface area contributed by atoms with Gasteiger partial charge in [0.25, 0.3) is 5.91 Å². The van der Waals surface area contributed by atoms with Gasteiger partial charge >= 0.3 is 0 Å². The number of sulfonamides is 1. The third-order valence-corrected chi connectivity index (χ3v) is 7.84. The number of anilines is 2. The smallest absolute Gasteiger partial charge is 0.255 e. The Kier molecular flexibility index (Phi) is 6.48. The highest BCUT2D eigenvalue weighted by Gasteiger charge is 2.28. The maximum Gasteiger partial charge on any atom is 0.255 e. The van der Waals surface area contributed by atoms with Gasteiger partial charge < -0.3 is 5.32 Å². The van der Waals surface area contributed by atoms with E-state index in [1.54, 1.807) is 36.4 Å². The lowest BCUT2D eigenvalue weighted by Gasteiger charge is -2.29. The highest BCUT2D eigenvalue weighted by atomic mass is 32.2.